The van der Waals surface area contributed by atoms with Gasteiger partial charge in [-0.1, -0.05) is 41.6 Å². The van der Waals surface area contributed by atoms with Crippen LogP contribution in [0.3, 0.4) is 0 Å². The Bertz CT molecular complexity index is 210. The van der Waals surface area contributed by atoms with Crippen LogP contribution in [0.1, 0.15) is 44.9 Å². The van der Waals surface area contributed by atoms with Crippen LogP contribution in [0.2, 0.25) is 0 Å². The van der Waals surface area contributed by atoms with Gasteiger partial charge in [-0.2, -0.15) is 13.2 Å². The lowest BCUT2D eigenvalue weighted by Gasteiger charge is -2.30. The van der Waals surface area contributed by atoms with Crippen molar-refractivity contribution in [3.8, 4) is 0 Å². The first kappa shape index (κ1) is 15.3. The van der Waals surface area contributed by atoms with Crippen molar-refractivity contribution in [2.24, 2.45) is 5.41 Å². The molecule has 0 aliphatic heterocycles. The predicted molar refractivity (Wildman–Crippen MR) is 65.4 cm³/mol. The number of hydrogen-bond acceptors (Lipinski definition) is 1. The number of rotatable bonds is 5. The summed E-state index contributed by atoms with van der Waals surface area (Å²) in [5.41, 5.74) is 0.0576. The minimum Gasteiger partial charge on any atom is -0.380 e. The largest absolute Gasteiger partial charge is 0.391 e. The molecule has 1 saturated carbocycles. The highest BCUT2D eigenvalue weighted by Gasteiger charge is 2.31. The zero-order valence-corrected chi connectivity index (χ0v) is 11.6. The second kappa shape index (κ2) is 6.98. The van der Waals surface area contributed by atoms with Gasteiger partial charge in [-0.15, -0.1) is 0 Å². The fraction of sp³-hybridized carbons (Fsp3) is 1.00. The summed E-state index contributed by atoms with van der Waals surface area (Å²) in [6, 6.07) is 0. The first-order chi connectivity index (χ1) is 7.97. The Morgan fingerprint density at radius 3 is 2.12 bits per heavy atom. The van der Waals surface area contributed by atoms with E-state index in [1.165, 1.54) is 12.8 Å². The van der Waals surface area contributed by atoms with Crippen LogP contribution in [0.25, 0.3) is 0 Å². The van der Waals surface area contributed by atoms with Crippen molar-refractivity contribution in [1.82, 2.24) is 0 Å². The van der Waals surface area contributed by atoms with E-state index >= 15 is 0 Å². The average Bonchev–Trinajstić information content (AvgIpc) is 2.49. The zero-order chi connectivity index (χ0) is 12.8. The van der Waals surface area contributed by atoms with E-state index in [4.69, 9.17) is 4.74 Å². The smallest absolute Gasteiger partial charge is 0.380 e. The van der Waals surface area contributed by atoms with E-state index in [-0.39, 0.29) is 12.0 Å². The Hall–Kier alpha value is 0.230. The normalized spacial score (nSPS) is 21.2. The van der Waals surface area contributed by atoms with Gasteiger partial charge < -0.3 is 4.74 Å². The molecule has 5 heteroatoms. The number of hydrogen-bond donors (Lipinski definition) is 0. The first-order valence-corrected chi connectivity index (χ1v) is 7.30. The third kappa shape index (κ3) is 6.09. The molecule has 0 aromatic carbocycles. The van der Waals surface area contributed by atoms with E-state index in [0.717, 1.165) is 31.0 Å². The molecule has 0 aromatic heterocycles. The molecule has 1 aliphatic carbocycles. The minimum absolute atomic E-state index is 0.0576. The van der Waals surface area contributed by atoms with Crippen molar-refractivity contribution in [2.45, 2.75) is 51.1 Å². The van der Waals surface area contributed by atoms with E-state index in [9.17, 15) is 13.2 Å². The number of ether oxygens (including phenoxy) is 1. The van der Waals surface area contributed by atoms with Crippen molar-refractivity contribution in [1.29, 1.82) is 0 Å². The maximum atomic E-state index is 12.0. The van der Waals surface area contributed by atoms with E-state index in [0.29, 0.717) is 6.61 Å². The molecular weight excluding hydrogens is 297 g/mol. The Kier molecular flexibility index (Phi) is 6.27. The fourth-order valence-electron chi connectivity index (χ4n) is 2.27. The van der Waals surface area contributed by atoms with Gasteiger partial charge >= 0.3 is 6.18 Å². The van der Waals surface area contributed by atoms with Crippen LogP contribution in [-0.2, 0) is 4.74 Å². The summed E-state index contributed by atoms with van der Waals surface area (Å²) in [5, 5.41) is 0.825. The quantitative estimate of drug-likeness (QED) is 0.406. The summed E-state index contributed by atoms with van der Waals surface area (Å²) in [6.45, 7) is 0.243. The standard InChI is InChI=1S/C12H20BrF3O/c13-9-11(5-3-1-2-4-6-11)10-17-8-7-12(14,15)16/h1-10H2. The van der Waals surface area contributed by atoms with Crippen molar-refractivity contribution < 1.29 is 17.9 Å². The molecule has 0 atom stereocenters. The van der Waals surface area contributed by atoms with Crippen LogP contribution >= 0.6 is 15.9 Å². The molecule has 0 amide bonds. The maximum Gasteiger partial charge on any atom is 0.391 e. The van der Waals surface area contributed by atoms with Gasteiger partial charge in [-0.3, -0.25) is 0 Å². The second-order valence-electron chi connectivity index (χ2n) is 4.97. The van der Waals surface area contributed by atoms with Crippen molar-refractivity contribution >= 4 is 15.9 Å². The molecule has 1 fully saturated rings. The van der Waals surface area contributed by atoms with E-state index in [2.05, 4.69) is 15.9 Å². The lowest BCUT2D eigenvalue weighted by atomic mass is 9.83. The van der Waals surface area contributed by atoms with Gasteiger partial charge in [0, 0.05) is 10.7 Å². The number of halogens is 4. The van der Waals surface area contributed by atoms with Gasteiger partial charge in [0.15, 0.2) is 0 Å². The third-order valence-corrected chi connectivity index (χ3v) is 4.58. The Balaban J connectivity index is 2.30. The van der Waals surface area contributed by atoms with E-state index in [1.54, 1.807) is 0 Å². The number of alkyl halides is 4. The van der Waals surface area contributed by atoms with Crippen LogP contribution in [0, 0.1) is 5.41 Å². The molecule has 1 aliphatic rings. The van der Waals surface area contributed by atoms with E-state index < -0.39 is 12.6 Å². The van der Waals surface area contributed by atoms with Crippen LogP contribution in [0.5, 0.6) is 0 Å². The van der Waals surface area contributed by atoms with Gasteiger partial charge in [0.05, 0.1) is 19.6 Å². The first-order valence-electron chi connectivity index (χ1n) is 6.18. The average molecular weight is 317 g/mol. The molecule has 0 saturated heterocycles. The molecule has 0 bridgehead atoms. The van der Waals surface area contributed by atoms with Crippen LogP contribution in [0.4, 0.5) is 13.2 Å². The van der Waals surface area contributed by atoms with Crippen LogP contribution in [-0.4, -0.2) is 24.7 Å². The second-order valence-corrected chi connectivity index (χ2v) is 5.53. The minimum atomic E-state index is -4.11. The summed E-state index contributed by atoms with van der Waals surface area (Å²) < 4.78 is 41.2. The molecule has 102 valence electrons. The zero-order valence-electron chi connectivity index (χ0n) is 9.99. The molecule has 1 nitrogen and oxygen atoms in total. The summed E-state index contributed by atoms with van der Waals surface area (Å²) in [4.78, 5) is 0. The van der Waals surface area contributed by atoms with Gasteiger partial charge in [-0.05, 0) is 12.8 Å². The molecule has 0 heterocycles. The van der Waals surface area contributed by atoms with E-state index in [1.807, 2.05) is 0 Å². The maximum absolute atomic E-state index is 12.0. The third-order valence-electron chi connectivity index (χ3n) is 3.39. The van der Waals surface area contributed by atoms with Crippen LogP contribution in [0.15, 0.2) is 0 Å². The highest BCUT2D eigenvalue weighted by Crippen LogP contribution is 2.37. The molecule has 17 heavy (non-hydrogen) atoms. The molecule has 0 radical (unpaired) electrons. The lowest BCUT2D eigenvalue weighted by Crippen LogP contribution is -2.29. The summed E-state index contributed by atoms with van der Waals surface area (Å²) in [5.74, 6) is 0. The summed E-state index contributed by atoms with van der Waals surface area (Å²) in [6.07, 6.45) is 1.96. The summed E-state index contributed by atoms with van der Waals surface area (Å²) >= 11 is 3.49. The van der Waals surface area contributed by atoms with Gasteiger partial charge in [0.25, 0.3) is 0 Å². The summed E-state index contributed by atoms with van der Waals surface area (Å²) in [7, 11) is 0. The lowest BCUT2D eigenvalue weighted by molar-refractivity contribution is -0.147. The van der Waals surface area contributed by atoms with Crippen molar-refractivity contribution in [2.75, 3.05) is 18.5 Å². The topological polar surface area (TPSA) is 9.23 Å². The molecule has 0 unspecified atom stereocenters. The molecular formula is C12H20BrF3O. The molecule has 0 spiro atoms. The SMILES string of the molecule is FC(F)(F)CCOCC1(CBr)CCCCCC1. The van der Waals surface area contributed by atoms with Crippen molar-refractivity contribution in [3.05, 3.63) is 0 Å². The highest BCUT2D eigenvalue weighted by atomic mass is 79.9. The van der Waals surface area contributed by atoms with Crippen molar-refractivity contribution in [3.63, 3.8) is 0 Å². The Labute approximate surface area is 109 Å². The molecule has 0 N–H and O–H groups in total. The monoisotopic (exact) mass is 316 g/mol. The Morgan fingerprint density at radius 1 is 1.06 bits per heavy atom. The highest BCUT2D eigenvalue weighted by molar-refractivity contribution is 9.09. The van der Waals surface area contributed by atoms with Crippen LogP contribution < -0.4 is 0 Å². The van der Waals surface area contributed by atoms with Gasteiger partial charge in [0.2, 0.25) is 0 Å². The molecule has 0 aromatic rings. The van der Waals surface area contributed by atoms with Gasteiger partial charge in [0.1, 0.15) is 0 Å². The Morgan fingerprint density at radius 2 is 1.65 bits per heavy atom. The molecule has 1 rings (SSSR count). The fourth-order valence-corrected chi connectivity index (χ4v) is 2.99. The predicted octanol–water partition coefficient (Wildman–Crippen LogP) is 4.69. The van der Waals surface area contributed by atoms with Gasteiger partial charge in [-0.25, -0.2) is 0 Å².